The Morgan fingerprint density at radius 2 is 2.22 bits per heavy atom. The minimum absolute atomic E-state index is 0.0853. The van der Waals surface area contributed by atoms with Crippen molar-refractivity contribution in [1.82, 2.24) is 19.9 Å². The van der Waals surface area contributed by atoms with Gasteiger partial charge in [-0.2, -0.15) is 4.98 Å². The van der Waals surface area contributed by atoms with E-state index in [1.54, 1.807) is 30.3 Å². The van der Waals surface area contributed by atoms with Gasteiger partial charge in [0.25, 0.3) is 0 Å². The van der Waals surface area contributed by atoms with E-state index in [9.17, 15) is 4.79 Å². The lowest BCUT2D eigenvalue weighted by Gasteiger charge is -2.23. The average Bonchev–Trinajstić information content (AvgIpc) is 3.27. The molecular formula is C19H22N6O2. The first kappa shape index (κ1) is 16.0. The highest BCUT2D eigenvalue weighted by atomic mass is 16.6. The Balaban J connectivity index is 1.61. The van der Waals surface area contributed by atoms with Crippen molar-refractivity contribution in [1.29, 1.82) is 0 Å². The van der Waals surface area contributed by atoms with Gasteiger partial charge in [-0.1, -0.05) is 13.8 Å². The van der Waals surface area contributed by atoms with Gasteiger partial charge in [0, 0.05) is 24.0 Å². The highest BCUT2D eigenvalue weighted by molar-refractivity contribution is 5.89. The first-order valence-electron chi connectivity index (χ1n) is 9.36. The van der Waals surface area contributed by atoms with E-state index in [2.05, 4.69) is 25.3 Å². The number of carbonyl (C=O) groups excluding carboxylic acids is 1. The molecule has 27 heavy (non-hydrogen) atoms. The fraction of sp³-hybridized carbons (Fsp3) is 0.368. The summed E-state index contributed by atoms with van der Waals surface area (Å²) in [5.41, 5.74) is 1.44. The Labute approximate surface area is 158 Å². The van der Waals surface area contributed by atoms with Gasteiger partial charge in [-0.25, -0.2) is 14.8 Å². The molecule has 2 N–H and O–H groups in total. The van der Waals surface area contributed by atoms with Crippen LogP contribution < -0.4 is 10.2 Å². The molecule has 0 spiro atoms. The van der Waals surface area contributed by atoms with Crippen molar-refractivity contribution >= 4 is 28.9 Å². The summed E-state index contributed by atoms with van der Waals surface area (Å²) in [7, 11) is 0. The maximum Gasteiger partial charge on any atom is 0.415 e. The Bertz CT molecular complexity index is 1020. The number of nitrogens with one attached hydrogen (secondary N) is 2. The summed E-state index contributed by atoms with van der Waals surface area (Å²) in [6.45, 7) is 6.11. The van der Waals surface area contributed by atoms with Gasteiger partial charge in [-0.3, -0.25) is 4.90 Å². The third-order valence-corrected chi connectivity index (χ3v) is 4.70. The number of nitrogens with zero attached hydrogens (tertiary/aromatic N) is 4. The second-order valence-corrected chi connectivity index (χ2v) is 6.89. The van der Waals surface area contributed by atoms with Gasteiger partial charge in [-0.05, 0) is 36.6 Å². The average molecular weight is 367 g/mol. The number of ether oxygens (including phenoxy) is 1. The van der Waals surface area contributed by atoms with Crippen molar-refractivity contribution in [3.8, 4) is 0 Å². The van der Waals surface area contributed by atoms with Crippen LogP contribution in [0.4, 0.5) is 16.6 Å². The number of aromatic nitrogens is 4. The Kier molecular flexibility index (Phi) is 4.08. The molecule has 0 radical (unpaired) electrons. The quantitative estimate of drug-likeness (QED) is 0.716. The van der Waals surface area contributed by atoms with E-state index in [4.69, 9.17) is 6.11 Å². The maximum atomic E-state index is 12.2. The summed E-state index contributed by atoms with van der Waals surface area (Å²) in [6, 6.07) is 4.18. The number of hydrogen-bond acceptors (Lipinski definition) is 6. The summed E-state index contributed by atoms with van der Waals surface area (Å²) in [6.07, 6.45) is 4.61. The molecule has 0 aromatic carbocycles. The third-order valence-electron chi connectivity index (χ3n) is 4.70. The highest BCUT2D eigenvalue weighted by Crippen LogP contribution is 2.27. The van der Waals surface area contributed by atoms with Crippen molar-refractivity contribution < 1.29 is 10.9 Å². The second kappa shape index (κ2) is 6.86. The van der Waals surface area contributed by atoms with Crippen LogP contribution in [0.15, 0.2) is 36.8 Å². The van der Waals surface area contributed by atoms with Crippen LogP contribution in [0.25, 0.3) is 11.0 Å². The van der Waals surface area contributed by atoms with E-state index < -0.39 is 12.1 Å². The number of rotatable bonds is 5. The lowest BCUT2D eigenvalue weighted by Crippen LogP contribution is -2.37. The smallest absolute Gasteiger partial charge is 0.415 e. The molecule has 0 saturated carbocycles. The number of pyridine rings is 1. The molecule has 1 aliphatic heterocycles. The van der Waals surface area contributed by atoms with Crippen LogP contribution >= 0.6 is 0 Å². The zero-order valence-electron chi connectivity index (χ0n) is 16.4. The molecule has 3 aromatic heterocycles. The monoisotopic (exact) mass is 367 g/mol. The number of cyclic esters (lactones) is 1. The number of carbonyl (C=O) groups is 1. The van der Waals surface area contributed by atoms with Crippen molar-refractivity contribution in [2.45, 2.75) is 32.8 Å². The van der Waals surface area contributed by atoms with E-state index in [1.807, 2.05) is 32.2 Å². The summed E-state index contributed by atoms with van der Waals surface area (Å²) in [5.74, 6) is 0.929. The van der Waals surface area contributed by atoms with Crippen LogP contribution in [-0.4, -0.2) is 38.7 Å². The molecule has 4 rings (SSSR count). The van der Waals surface area contributed by atoms with Crippen LogP contribution in [-0.2, 0) is 4.74 Å². The van der Waals surface area contributed by atoms with Gasteiger partial charge in [0.15, 0.2) is 0 Å². The summed E-state index contributed by atoms with van der Waals surface area (Å²) in [5, 5.41) is 3.95. The number of aromatic amines is 1. The molecule has 1 amide bonds. The molecule has 1 fully saturated rings. The van der Waals surface area contributed by atoms with E-state index >= 15 is 0 Å². The fourth-order valence-electron chi connectivity index (χ4n) is 3.12. The van der Waals surface area contributed by atoms with Crippen molar-refractivity contribution in [3.05, 3.63) is 42.4 Å². The third kappa shape index (κ3) is 3.30. The number of fused-ring (bicyclic) bond motifs is 1. The Hall–Kier alpha value is -3.16. The van der Waals surface area contributed by atoms with E-state index in [0.717, 1.165) is 11.0 Å². The van der Waals surface area contributed by atoms with Crippen molar-refractivity contribution in [2.75, 3.05) is 16.8 Å². The molecule has 4 heterocycles. The van der Waals surface area contributed by atoms with Crippen LogP contribution in [0.3, 0.4) is 0 Å². The van der Waals surface area contributed by atoms with Crippen LogP contribution in [0.2, 0.25) is 0 Å². The predicted octanol–water partition coefficient (Wildman–Crippen LogP) is 3.51. The fourth-order valence-corrected chi connectivity index (χ4v) is 3.12. The van der Waals surface area contributed by atoms with E-state index in [1.165, 1.54) is 0 Å². The molecule has 0 aliphatic carbocycles. The van der Waals surface area contributed by atoms with Gasteiger partial charge in [0.2, 0.25) is 5.95 Å². The second-order valence-electron chi connectivity index (χ2n) is 6.89. The molecule has 2 atom stereocenters. The first-order valence-corrected chi connectivity index (χ1v) is 8.86. The molecule has 140 valence electrons. The largest absolute Gasteiger partial charge is 0.447 e. The summed E-state index contributed by atoms with van der Waals surface area (Å²) < 4.78 is 13.9. The normalized spacial score (nSPS) is 19.9. The van der Waals surface area contributed by atoms with Gasteiger partial charge in [0.05, 0.1) is 13.4 Å². The lowest BCUT2D eigenvalue weighted by molar-refractivity contribution is 0.177. The number of anilines is 2. The van der Waals surface area contributed by atoms with E-state index in [0.29, 0.717) is 18.0 Å². The first-order chi connectivity index (χ1) is 13.3. The minimum Gasteiger partial charge on any atom is -0.447 e. The maximum absolute atomic E-state index is 12.2. The van der Waals surface area contributed by atoms with Crippen molar-refractivity contribution in [2.24, 2.45) is 5.92 Å². The molecule has 0 bridgehead atoms. The van der Waals surface area contributed by atoms with Crippen LogP contribution in [0.1, 0.15) is 33.7 Å². The lowest BCUT2D eigenvalue weighted by atomic mass is 10.0. The molecule has 3 aromatic rings. The zero-order chi connectivity index (χ0) is 19.9. The molecule has 1 aliphatic rings. The Morgan fingerprint density at radius 1 is 1.37 bits per heavy atom. The number of amides is 1. The SMILES string of the molecule is [2H]C(C)(Nc1nccc(N2C(=O)OCC2C(C)C)n1)c1cnc2[nH]ccc2c1. The topological polar surface area (TPSA) is 96.0 Å². The Morgan fingerprint density at radius 3 is 3.04 bits per heavy atom. The molecular weight excluding hydrogens is 344 g/mol. The standard InChI is InChI=1S/C19H22N6O2/c1-11(2)15-10-27-19(26)25(15)16-5-7-21-18(24-16)23-12(3)14-8-13-4-6-20-17(13)22-9-14/h4-9,11-12,15H,10H2,1-3H3,(H,20,22)(H,21,23,24)/i12D. The zero-order valence-corrected chi connectivity index (χ0v) is 15.4. The molecule has 2 unspecified atom stereocenters. The van der Waals surface area contributed by atoms with Crippen LogP contribution in [0.5, 0.6) is 0 Å². The molecule has 8 heteroatoms. The summed E-state index contributed by atoms with van der Waals surface area (Å²) in [4.78, 5) is 29.8. The van der Waals surface area contributed by atoms with E-state index in [-0.39, 0.29) is 17.9 Å². The number of H-pyrrole nitrogens is 1. The van der Waals surface area contributed by atoms with Crippen LogP contribution in [0, 0.1) is 5.92 Å². The van der Waals surface area contributed by atoms with Gasteiger partial charge < -0.3 is 15.0 Å². The van der Waals surface area contributed by atoms with Gasteiger partial charge in [-0.15, -0.1) is 0 Å². The van der Waals surface area contributed by atoms with Gasteiger partial charge in [0.1, 0.15) is 18.1 Å². The summed E-state index contributed by atoms with van der Waals surface area (Å²) >= 11 is 0. The minimum atomic E-state index is -1.21. The molecule has 1 saturated heterocycles. The van der Waals surface area contributed by atoms with Gasteiger partial charge >= 0.3 is 6.09 Å². The predicted molar refractivity (Wildman–Crippen MR) is 103 cm³/mol. The molecule has 8 nitrogen and oxygen atoms in total. The number of hydrogen-bond donors (Lipinski definition) is 2. The van der Waals surface area contributed by atoms with Crippen molar-refractivity contribution in [3.63, 3.8) is 0 Å². The highest BCUT2D eigenvalue weighted by Gasteiger charge is 2.37.